The molecule has 0 radical (unpaired) electrons. The van der Waals surface area contributed by atoms with E-state index in [2.05, 4.69) is 5.32 Å². The van der Waals surface area contributed by atoms with Gasteiger partial charge in [-0.1, -0.05) is 60.7 Å². The highest BCUT2D eigenvalue weighted by atomic mass is 16.7. The minimum absolute atomic E-state index is 0.112. The number of rotatable bonds is 11. The predicted octanol–water partition coefficient (Wildman–Crippen LogP) is 4.06. The number of ether oxygens (including phenoxy) is 1. The molecule has 2 amide bonds. The Balaban J connectivity index is 1.54. The molecule has 0 atom stereocenters. The number of hydrogen-bond acceptors (Lipinski definition) is 4. The standard InChI is InChI=1S/C22H28N2O4/c1-19(25)24(28-18-21-13-7-3-8-14-21)16-10-4-9-15-23-22(26)27-17-20-11-5-2-6-12-20/h2-3,5-8,11-14H,4,9-10,15-18H2,1H3,(H,23,26). The summed E-state index contributed by atoms with van der Waals surface area (Å²) in [4.78, 5) is 29.0. The van der Waals surface area contributed by atoms with E-state index in [9.17, 15) is 9.59 Å². The maximum Gasteiger partial charge on any atom is 0.407 e. The van der Waals surface area contributed by atoms with Crippen molar-refractivity contribution >= 4 is 12.0 Å². The van der Waals surface area contributed by atoms with Gasteiger partial charge in [0.25, 0.3) is 0 Å². The van der Waals surface area contributed by atoms with Crippen LogP contribution < -0.4 is 5.32 Å². The first kappa shape index (κ1) is 21.4. The van der Waals surface area contributed by atoms with E-state index in [0.29, 0.717) is 19.7 Å². The molecule has 0 unspecified atom stereocenters. The van der Waals surface area contributed by atoms with Crippen LogP contribution in [0.4, 0.5) is 4.79 Å². The lowest BCUT2D eigenvalue weighted by Crippen LogP contribution is -2.30. The van der Waals surface area contributed by atoms with Crippen molar-refractivity contribution in [2.45, 2.75) is 39.4 Å². The average Bonchev–Trinajstić information content (AvgIpc) is 2.72. The highest BCUT2D eigenvalue weighted by Crippen LogP contribution is 2.06. The Morgan fingerprint density at radius 1 is 0.857 bits per heavy atom. The molecule has 2 rings (SSSR count). The molecule has 2 aromatic rings. The Labute approximate surface area is 166 Å². The van der Waals surface area contributed by atoms with E-state index in [1.807, 2.05) is 60.7 Å². The molecular formula is C22H28N2O4. The number of nitrogens with one attached hydrogen (secondary N) is 1. The van der Waals surface area contributed by atoms with Gasteiger partial charge < -0.3 is 10.1 Å². The quantitative estimate of drug-likeness (QED) is 0.469. The number of amides is 2. The van der Waals surface area contributed by atoms with Crippen LogP contribution >= 0.6 is 0 Å². The first-order chi connectivity index (χ1) is 13.6. The van der Waals surface area contributed by atoms with Crippen LogP contribution in [0.1, 0.15) is 37.3 Å². The Morgan fingerprint density at radius 2 is 1.46 bits per heavy atom. The van der Waals surface area contributed by atoms with Crippen molar-refractivity contribution in [2.75, 3.05) is 13.1 Å². The Hall–Kier alpha value is -2.86. The highest BCUT2D eigenvalue weighted by Gasteiger charge is 2.09. The van der Waals surface area contributed by atoms with Crippen LogP contribution in [-0.4, -0.2) is 30.2 Å². The molecular weight excluding hydrogens is 356 g/mol. The Kier molecular flexibility index (Phi) is 9.58. The van der Waals surface area contributed by atoms with Crippen molar-refractivity contribution in [3.8, 4) is 0 Å². The predicted molar refractivity (Wildman–Crippen MR) is 107 cm³/mol. The minimum atomic E-state index is -0.416. The summed E-state index contributed by atoms with van der Waals surface area (Å²) in [6.45, 7) is 3.20. The summed E-state index contributed by atoms with van der Waals surface area (Å²) in [5, 5.41) is 4.13. The van der Waals surface area contributed by atoms with Crippen LogP contribution in [0.25, 0.3) is 0 Å². The zero-order chi connectivity index (χ0) is 20.0. The smallest absolute Gasteiger partial charge is 0.407 e. The maximum absolute atomic E-state index is 11.7. The van der Waals surface area contributed by atoms with Gasteiger partial charge in [-0.2, -0.15) is 0 Å². The summed E-state index contributed by atoms with van der Waals surface area (Å²) < 4.78 is 5.16. The Morgan fingerprint density at radius 3 is 2.07 bits per heavy atom. The van der Waals surface area contributed by atoms with Gasteiger partial charge in [-0.25, -0.2) is 9.86 Å². The Bertz CT molecular complexity index is 707. The second-order valence-corrected chi connectivity index (χ2v) is 6.43. The second kappa shape index (κ2) is 12.5. The number of benzene rings is 2. The van der Waals surface area contributed by atoms with Crippen LogP contribution in [0.3, 0.4) is 0 Å². The summed E-state index contributed by atoms with van der Waals surface area (Å²) in [7, 11) is 0. The lowest BCUT2D eigenvalue weighted by atomic mass is 10.2. The number of hydroxylamine groups is 2. The van der Waals surface area contributed by atoms with Crippen molar-refractivity contribution in [3.63, 3.8) is 0 Å². The number of carbonyl (C=O) groups is 2. The first-order valence-electron chi connectivity index (χ1n) is 9.54. The van der Waals surface area contributed by atoms with E-state index in [1.165, 1.54) is 12.0 Å². The minimum Gasteiger partial charge on any atom is -0.445 e. The van der Waals surface area contributed by atoms with Gasteiger partial charge >= 0.3 is 6.09 Å². The molecule has 2 aromatic carbocycles. The summed E-state index contributed by atoms with van der Waals surface area (Å²) >= 11 is 0. The molecule has 6 nitrogen and oxygen atoms in total. The molecule has 150 valence electrons. The number of hydrogen-bond donors (Lipinski definition) is 1. The monoisotopic (exact) mass is 384 g/mol. The fourth-order valence-corrected chi connectivity index (χ4v) is 2.56. The van der Waals surface area contributed by atoms with E-state index >= 15 is 0 Å². The SMILES string of the molecule is CC(=O)N(CCCCCNC(=O)OCc1ccccc1)OCc1ccccc1. The van der Waals surface area contributed by atoms with Crippen molar-refractivity contribution in [3.05, 3.63) is 71.8 Å². The molecule has 0 aliphatic rings. The van der Waals surface area contributed by atoms with Gasteiger partial charge in [0.05, 0.1) is 0 Å². The molecule has 0 fully saturated rings. The third-order valence-electron chi connectivity index (χ3n) is 4.10. The molecule has 0 heterocycles. The van der Waals surface area contributed by atoms with Crippen molar-refractivity contribution in [2.24, 2.45) is 0 Å². The topological polar surface area (TPSA) is 67.9 Å². The molecule has 6 heteroatoms. The van der Waals surface area contributed by atoms with Crippen molar-refractivity contribution < 1.29 is 19.2 Å². The number of alkyl carbamates (subject to hydrolysis) is 1. The molecule has 28 heavy (non-hydrogen) atoms. The maximum atomic E-state index is 11.7. The van der Waals surface area contributed by atoms with E-state index < -0.39 is 6.09 Å². The van der Waals surface area contributed by atoms with Crippen LogP contribution in [0.15, 0.2) is 60.7 Å². The fraction of sp³-hybridized carbons (Fsp3) is 0.364. The van der Waals surface area contributed by atoms with Gasteiger partial charge in [-0.05, 0) is 30.4 Å². The van der Waals surface area contributed by atoms with E-state index in [0.717, 1.165) is 30.4 Å². The summed E-state index contributed by atoms with van der Waals surface area (Å²) in [6, 6.07) is 19.3. The van der Waals surface area contributed by atoms with Gasteiger partial charge in [0.2, 0.25) is 5.91 Å². The van der Waals surface area contributed by atoms with Gasteiger partial charge in [-0.3, -0.25) is 9.63 Å². The summed E-state index contributed by atoms with van der Waals surface area (Å²) in [5.41, 5.74) is 1.98. The van der Waals surface area contributed by atoms with E-state index in [-0.39, 0.29) is 12.5 Å². The van der Waals surface area contributed by atoms with E-state index in [1.54, 1.807) is 0 Å². The van der Waals surface area contributed by atoms with Crippen LogP contribution in [0.5, 0.6) is 0 Å². The van der Waals surface area contributed by atoms with Gasteiger partial charge in [0.15, 0.2) is 0 Å². The molecule has 0 aliphatic heterocycles. The number of nitrogens with zero attached hydrogens (tertiary/aromatic N) is 1. The zero-order valence-electron chi connectivity index (χ0n) is 16.3. The lowest BCUT2D eigenvalue weighted by molar-refractivity contribution is -0.189. The summed E-state index contributed by atoms with van der Waals surface area (Å²) in [6.07, 6.45) is 2.07. The van der Waals surface area contributed by atoms with Crippen LogP contribution in [0.2, 0.25) is 0 Å². The normalized spacial score (nSPS) is 10.3. The number of carbonyl (C=O) groups excluding carboxylic acids is 2. The molecule has 0 bridgehead atoms. The molecule has 0 aliphatic carbocycles. The van der Waals surface area contributed by atoms with Gasteiger partial charge in [0, 0.05) is 20.0 Å². The molecule has 0 aromatic heterocycles. The third-order valence-corrected chi connectivity index (χ3v) is 4.10. The van der Waals surface area contributed by atoms with E-state index in [4.69, 9.17) is 9.57 Å². The van der Waals surface area contributed by atoms with Gasteiger partial charge in [-0.15, -0.1) is 0 Å². The van der Waals surface area contributed by atoms with Crippen molar-refractivity contribution in [1.29, 1.82) is 0 Å². The molecule has 1 N–H and O–H groups in total. The molecule has 0 saturated carbocycles. The average molecular weight is 384 g/mol. The molecule has 0 saturated heterocycles. The highest BCUT2D eigenvalue weighted by molar-refractivity contribution is 5.71. The second-order valence-electron chi connectivity index (χ2n) is 6.43. The van der Waals surface area contributed by atoms with Crippen LogP contribution in [0, 0.1) is 0 Å². The third kappa shape index (κ3) is 8.68. The summed E-state index contributed by atoms with van der Waals surface area (Å²) in [5.74, 6) is -0.112. The fourth-order valence-electron chi connectivity index (χ4n) is 2.56. The van der Waals surface area contributed by atoms with Gasteiger partial charge in [0.1, 0.15) is 13.2 Å². The zero-order valence-corrected chi connectivity index (χ0v) is 16.3. The number of unbranched alkanes of at least 4 members (excludes halogenated alkanes) is 2. The van der Waals surface area contributed by atoms with Crippen LogP contribution in [-0.2, 0) is 27.6 Å². The lowest BCUT2D eigenvalue weighted by Gasteiger charge is -2.20. The first-order valence-corrected chi connectivity index (χ1v) is 9.54. The molecule has 0 spiro atoms. The van der Waals surface area contributed by atoms with Crippen molar-refractivity contribution in [1.82, 2.24) is 10.4 Å². The largest absolute Gasteiger partial charge is 0.445 e.